The standard InChI is InChI=1S/C18H19N7O3/c19-15-14-16(22-7-21-15)24(8-23-14)6-11(26)20-3-4-25-17(27)12-9-1-2-10(5-9)13(12)18(25)28/h1-2,7-10,12-13H,3-6H2,(H,20,26)(H2,19,21,22)/t9-,10+,12+,13-. The fourth-order valence-electron chi connectivity index (χ4n) is 4.72. The highest BCUT2D eigenvalue weighted by Gasteiger charge is 2.58. The van der Waals surface area contributed by atoms with Crippen molar-refractivity contribution in [3.8, 4) is 0 Å². The second-order valence-corrected chi connectivity index (χ2v) is 7.48. The molecular weight excluding hydrogens is 362 g/mol. The van der Waals surface area contributed by atoms with Crippen LogP contribution in [-0.4, -0.2) is 55.2 Å². The number of hydrogen-bond acceptors (Lipinski definition) is 7. The lowest BCUT2D eigenvalue weighted by Crippen LogP contribution is -2.40. The summed E-state index contributed by atoms with van der Waals surface area (Å²) in [4.78, 5) is 50.9. The lowest BCUT2D eigenvalue weighted by atomic mass is 9.85. The van der Waals surface area contributed by atoms with Crippen LogP contribution in [0, 0.1) is 23.7 Å². The number of hydrogen-bond donors (Lipinski definition) is 2. The highest BCUT2D eigenvalue weighted by molar-refractivity contribution is 6.06. The number of nitrogens with two attached hydrogens (primary N) is 1. The number of aromatic nitrogens is 4. The van der Waals surface area contributed by atoms with Gasteiger partial charge in [0.2, 0.25) is 17.7 Å². The van der Waals surface area contributed by atoms with E-state index in [0.29, 0.717) is 11.2 Å². The number of carbonyl (C=O) groups excluding carboxylic acids is 3. The molecule has 3 aliphatic rings. The van der Waals surface area contributed by atoms with Gasteiger partial charge < -0.3 is 15.6 Å². The first-order valence-corrected chi connectivity index (χ1v) is 9.26. The van der Waals surface area contributed by atoms with Gasteiger partial charge in [-0.25, -0.2) is 15.0 Å². The van der Waals surface area contributed by atoms with Gasteiger partial charge in [0.1, 0.15) is 18.4 Å². The number of imide groups is 1. The summed E-state index contributed by atoms with van der Waals surface area (Å²) in [6, 6.07) is 0. The molecule has 4 atom stereocenters. The zero-order chi connectivity index (χ0) is 19.4. The highest BCUT2D eigenvalue weighted by atomic mass is 16.2. The van der Waals surface area contributed by atoms with Crippen molar-refractivity contribution in [3.05, 3.63) is 24.8 Å². The van der Waals surface area contributed by atoms with Gasteiger partial charge in [-0.1, -0.05) is 12.2 Å². The van der Waals surface area contributed by atoms with E-state index in [-0.39, 0.29) is 66.8 Å². The van der Waals surface area contributed by atoms with E-state index in [1.54, 1.807) is 4.57 Å². The Kier molecular flexibility index (Phi) is 3.68. The van der Waals surface area contributed by atoms with E-state index in [2.05, 4.69) is 32.4 Å². The summed E-state index contributed by atoms with van der Waals surface area (Å²) < 4.78 is 1.57. The predicted octanol–water partition coefficient (Wildman–Crippen LogP) is -0.668. The number of rotatable bonds is 5. The van der Waals surface area contributed by atoms with Gasteiger partial charge in [-0.15, -0.1) is 0 Å². The normalized spacial score (nSPS) is 27.8. The Hall–Kier alpha value is -3.30. The molecule has 28 heavy (non-hydrogen) atoms. The summed E-state index contributed by atoms with van der Waals surface area (Å²) in [6.45, 7) is 0.409. The Balaban J connectivity index is 1.18. The van der Waals surface area contributed by atoms with Crippen LogP contribution < -0.4 is 11.1 Å². The highest BCUT2D eigenvalue weighted by Crippen LogP contribution is 2.52. The van der Waals surface area contributed by atoms with Crippen LogP contribution in [0.2, 0.25) is 0 Å². The SMILES string of the molecule is Nc1ncnc2c1ncn2CC(=O)NCCN1C(=O)[C@@H]2[C@H](C1=O)[C@H]1C=C[C@@H]2C1. The summed E-state index contributed by atoms with van der Waals surface area (Å²) in [5.74, 6) is -0.254. The molecule has 3 amide bonds. The van der Waals surface area contributed by atoms with Gasteiger partial charge in [0.25, 0.3) is 0 Å². The fraction of sp³-hybridized carbons (Fsp3) is 0.444. The predicted molar refractivity (Wildman–Crippen MR) is 97.2 cm³/mol. The molecule has 3 N–H and O–H groups in total. The molecule has 0 spiro atoms. The number of likely N-dealkylation sites (tertiary alicyclic amines) is 1. The number of imidazole rings is 1. The van der Waals surface area contributed by atoms with Crippen molar-refractivity contribution in [2.45, 2.75) is 13.0 Å². The summed E-state index contributed by atoms with van der Waals surface area (Å²) in [5.41, 5.74) is 6.66. The van der Waals surface area contributed by atoms with Crippen molar-refractivity contribution in [3.63, 3.8) is 0 Å². The van der Waals surface area contributed by atoms with Crippen LogP contribution in [0.1, 0.15) is 6.42 Å². The van der Waals surface area contributed by atoms with Crippen LogP contribution in [0.25, 0.3) is 11.2 Å². The third-order valence-electron chi connectivity index (χ3n) is 5.96. The van der Waals surface area contributed by atoms with E-state index in [1.807, 2.05) is 0 Å². The first kappa shape index (κ1) is 16.8. The van der Waals surface area contributed by atoms with Crippen LogP contribution >= 0.6 is 0 Å². The molecule has 1 saturated carbocycles. The molecule has 0 unspecified atom stereocenters. The van der Waals surface area contributed by atoms with Crippen LogP contribution in [0.4, 0.5) is 5.82 Å². The Morgan fingerprint density at radius 3 is 2.57 bits per heavy atom. The van der Waals surface area contributed by atoms with Gasteiger partial charge in [-0.05, 0) is 18.3 Å². The van der Waals surface area contributed by atoms with E-state index >= 15 is 0 Å². The Labute approximate surface area is 159 Å². The van der Waals surface area contributed by atoms with E-state index in [1.165, 1.54) is 17.6 Å². The molecule has 2 aromatic heterocycles. The van der Waals surface area contributed by atoms with Crippen LogP contribution in [0.5, 0.6) is 0 Å². The largest absolute Gasteiger partial charge is 0.382 e. The summed E-state index contributed by atoms with van der Waals surface area (Å²) in [5, 5.41) is 2.75. The van der Waals surface area contributed by atoms with Crippen LogP contribution in [0.3, 0.4) is 0 Å². The summed E-state index contributed by atoms with van der Waals surface area (Å²) >= 11 is 0. The zero-order valence-corrected chi connectivity index (χ0v) is 15.0. The maximum atomic E-state index is 12.6. The minimum Gasteiger partial charge on any atom is -0.382 e. The molecule has 2 fully saturated rings. The van der Waals surface area contributed by atoms with Crippen molar-refractivity contribution >= 4 is 34.7 Å². The molecule has 5 rings (SSSR count). The van der Waals surface area contributed by atoms with Gasteiger partial charge >= 0.3 is 0 Å². The third-order valence-corrected chi connectivity index (χ3v) is 5.96. The molecule has 2 aromatic rings. The second kappa shape index (κ2) is 6.11. The molecule has 3 heterocycles. The van der Waals surface area contributed by atoms with Crippen LogP contribution in [0.15, 0.2) is 24.8 Å². The van der Waals surface area contributed by atoms with Gasteiger partial charge in [0, 0.05) is 13.1 Å². The van der Waals surface area contributed by atoms with Crippen LogP contribution in [-0.2, 0) is 20.9 Å². The van der Waals surface area contributed by atoms with Crippen molar-refractivity contribution in [2.24, 2.45) is 23.7 Å². The number of carbonyl (C=O) groups is 3. The number of nitrogen functional groups attached to an aromatic ring is 1. The minimum atomic E-state index is -0.266. The first-order chi connectivity index (χ1) is 13.5. The Morgan fingerprint density at radius 1 is 1.14 bits per heavy atom. The number of fused-ring (bicyclic) bond motifs is 6. The first-order valence-electron chi connectivity index (χ1n) is 9.26. The van der Waals surface area contributed by atoms with Crippen molar-refractivity contribution in [2.75, 3.05) is 18.8 Å². The Bertz CT molecular complexity index is 999. The van der Waals surface area contributed by atoms with Gasteiger partial charge in [0.15, 0.2) is 11.5 Å². The minimum absolute atomic E-state index is 0.00810. The van der Waals surface area contributed by atoms with Gasteiger partial charge in [0.05, 0.1) is 18.2 Å². The maximum absolute atomic E-state index is 12.6. The Morgan fingerprint density at radius 2 is 1.86 bits per heavy atom. The molecule has 1 saturated heterocycles. The van der Waals surface area contributed by atoms with E-state index in [9.17, 15) is 14.4 Å². The molecule has 144 valence electrons. The van der Waals surface area contributed by atoms with E-state index < -0.39 is 0 Å². The third kappa shape index (κ3) is 2.40. The van der Waals surface area contributed by atoms with Gasteiger partial charge in [-0.3, -0.25) is 19.3 Å². The topological polar surface area (TPSA) is 136 Å². The molecule has 0 aromatic carbocycles. The lowest BCUT2D eigenvalue weighted by molar-refractivity contribution is -0.141. The average molecular weight is 381 g/mol. The summed E-state index contributed by atoms with van der Waals surface area (Å²) in [6.07, 6.45) is 7.83. The number of amides is 3. The number of nitrogens with zero attached hydrogens (tertiary/aromatic N) is 5. The second-order valence-electron chi connectivity index (χ2n) is 7.48. The molecule has 0 radical (unpaired) electrons. The molecule has 1 aliphatic heterocycles. The lowest BCUT2D eigenvalue weighted by Gasteiger charge is -2.17. The quantitative estimate of drug-likeness (QED) is 0.518. The van der Waals surface area contributed by atoms with E-state index in [4.69, 9.17) is 5.73 Å². The van der Waals surface area contributed by atoms with Crippen molar-refractivity contribution < 1.29 is 14.4 Å². The summed E-state index contributed by atoms with van der Waals surface area (Å²) in [7, 11) is 0. The zero-order valence-electron chi connectivity index (χ0n) is 15.0. The average Bonchev–Trinajstić information content (AvgIpc) is 3.43. The monoisotopic (exact) mass is 381 g/mol. The van der Waals surface area contributed by atoms with E-state index in [0.717, 1.165) is 6.42 Å². The fourth-order valence-corrected chi connectivity index (χ4v) is 4.72. The molecule has 2 bridgehead atoms. The van der Waals surface area contributed by atoms with Crippen molar-refractivity contribution in [1.82, 2.24) is 29.7 Å². The number of anilines is 1. The molecule has 10 nitrogen and oxygen atoms in total. The molecule has 2 aliphatic carbocycles. The molecule has 10 heteroatoms. The van der Waals surface area contributed by atoms with Gasteiger partial charge in [-0.2, -0.15) is 0 Å². The molecular formula is C18H19N7O3. The van der Waals surface area contributed by atoms with Crippen molar-refractivity contribution in [1.29, 1.82) is 0 Å². The number of nitrogens with one attached hydrogen (secondary N) is 1. The number of allylic oxidation sites excluding steroid dienone is 2. The maximum Gasteiger partial charge on any atom is 0.240 e. The smallest absolute Gasteiger partial charge is 0.240 e.